The molecule has 2 aromatic carbocycles. The first-order valence-electron chi connectivity index (χ1n) is 7.57. The van der Waals surface area contributed by atoms with Gasteiger partial charge in [-0.05, 0) is 61.4 Å². The maximum absolute atomic E-state index is 11.6. The normalized spacial score (nSPS) is 11.1. The first-order chi connectivity index (χ1) is 11.4. The summed E-state index contributed by atoms with van der Waals surface area (Å²) in [4.78, 5) is 11.6. The minimum absolute atomic E-state index is 0. The van der Waals surface area contributed by atoms with Gasteiger partial charge in [-0.3, -0.25) is 5.41 Å². The number of hydrogen-bond donors (Lipinski definition) is 3. The summed E-state index contributed by atoms with van der Waals surface area (Å²) < 4.78 is 5.47. The Balaban J connectivity index is 0.00000312. The Hall–Kier alpha value is -2.73. The van der Waals surface area contributed by atoms with Crippen LogP contribution in [0.4, 0.5) is 5.69 Å². The van der Waals surface area contributed by atoms with Crippen molar-refractivity contribution in [1.82, 2.24) is 0 Å². The molecule has 0 heterocycles. The molecule has 0 saturated heterocycles. The van der Waals surface area contributed by atoms with E-state index >= 15 is 0 Å². The molecule has 0 aliphatic carbocycles. The topological polar surface area (TPSA) is 111 Å². The van der Waals surface area contributed by atoms with E-state index in [4.69, 9.17) is 15.9 Å². The number of carbonyl (C=O) groups is 1. The van der Waals surface area contributed by atoms with Crippen molar-refractivity contribution in [1.29, 1.82) is 5.41 Å². The predicted molar refractivity (Wildman–Crippen MR) is 98.4 cm³/mol. The molecule has 0 bridgehead atoms. The molecule has 0 radical (unpaired) electrons. The van der Waals surface area contributed by atoms with Crippen LogP contribution in [0.5, 0.6) is 5.75 Å². The van der Waals surface area contributed by atoms with Crippen molar-refractivity contribution in [2.75, 3.05) is 11.9 Å². The van der Waals surface area contributed by atoms with Crippen molar-refractivity contribution >= 4 is 29.9 Å². The van der Waals surface area contributed by atoms with Crippen molar-refractivity contribution in [3.05, 3.63) is 59.2 Å². The van der Waals surface area contributed by atoms with Gasteiger partial charge in [-0.1, -0.05) is 6.07 Å². The summed E-state index contributed by atoms with van der Waals surface area (Å²) >= 11 is 0. The fourth-order valence-corrected chi connectivity index (χ4v) is 2.38. The van der Waals surface area contributed by atoms with Gasteiger partial charge in [0, 0.05) is 11.3 Å². The minimum Gasteiger partial charge on any atom is -0.548 e. The fourth-order valence-electron chi connectivity index (χ4n) is 2.38. The van der Waals surface area contributed by atoms with E-state index in [-0.39, 0.29) is 18.2 Å². The van der Waals surface area contributed by atoms with Crippen LogP contribution < -0.4 is 20.9 Å². The number of aryl methyl sites for hydroxylation is 1. The van der Waals surface area contributed by atoms with Crippen LogP contribution in [0.15, 0.2) is 42.5 Å². The third-order valence-corrected chi connectivity index (χ3v) is 3.46. The Kier molecular flexibility index (Phi) is 7.26. The third kappa shape index (κ3) is 5.39. The molecule has 0 aliphatic rings. The van der Waals surface area contributed by atoms with Crippen LogP contribution >= 0.6 is 12.4 Å². The predicted octanol–water partition coefficient (Wildman–Crippen LogP) is 2.00. The van der Waals surface area contributed by atoms with Crippen molar-refractivity contribution in [3.8, 4) is 5.75 Å². The average Bonchev–Trinajstić information content (AvgIpc) is 2.52. The zero-order valence-electron chi connectivity index (χ0n) is 14.0. The molecule has 0 aromatic heterocycles. The molecular formula is C18H21ClN3O3-. The number of benzene rings is 2. The van der Waals surface area contributed by atoms with E-state index in [1.165, 1.54) is 0 Å². The average molecular weight is 363 g/mol. The molecule has 25 heavy (non-hydrogen) atoms. The molecule has 0 amide bonds. The van der Waals surface area contributed by atoms with Crippen LogP contribution in [0.3, 0.4) is 0 Å². The highest BCUT2D eigenvalue weighted by Crippen LogP contribution is 2.25. The summed E-state index contributed by atoms with van der Waals surface area (Å²) in [7, 11) is 0. The molecule has 134 valence electrons. The number of nitrogens with one attached hydrogen (secondary N) is 2. The SMILES string of the molecule is CCOc1cc(C)cc(C(Nc2ccc(C(=N)N)cc2)C(=O)[O-])c1.Cl. The molecular weight excluding hydrogens is 342 g/mol. The summed E-state index contributed by atoms with van der Waals surface area (Å²) in [6, 6.07) is 10.9. The van der Waals surface area contributed by atoms with E-state index in [1.54, 1.807) is 36.4 Å². The molecule has 2 rings (SSSR count). The van der Waals surface area contributed by atoms with Gasteiger partial charge in [-0.25, -0.2) is 0 Å². The summed E-state index contributed by atoms with van der Waals surface area (Å²) in [6.07, 6.45) is 0. The zero-order valence-corrected chi connectivity index (χ0v) is 14.9. The lowest BCUT2D eigenvalue weighted by Crippen LogP contribution is -2.34. The molecule has 4 N–H and O–H groups in total. The lowest BCUT2D eigenvalue weighted by molar-refractivity contribution is -0.307. The largest absolute Gasteiger partial charge is 0.548 e. The van der Waals surface area contributed by atoms with E-state index in [2.05, 4.69) is 5.32 Å². The molecule has 6 nitrogen and oxygen atoms in total. The van der Waals surface area contributed by atoms with Gasteiger partial charge in [0.05, 0.1) is 18.6 Å². The lowest BCUT2D eigenvalue weighted by atomic mass is 10.0. The molecule has 7 heteroatoms. The number of anilines is 1. The summed E-state index contributed by atoms with van der Waals surface area (Å²) in [5, 5.41) is 21.9. The Morgan fingerprint density at radius 1 is 1.28 bits per heavy atom. The van der Waals surface area contributed by atoms with Crippen LogP contribution in [0.1, 0.15) is 29.7 Å². The van der Waals surface area contributed by atoms with Gasteiger partial charge in [-0.15, -0.1) is 12.4 Å². The molecule has 0 saturated carbocycles. The number of aliphatic carboxylic acids is 1. The minimum atomic E-state index is -1.24. The number of nitrogen functional groups attached to an aromatic ring is 1. The van der Waals surface area contributed by atoms with E-state index in [0.717, 1.165) is 5.56 Å². The highest BCUT2D eigenvalue weighted by molar-refractivity contribution is 5.95. The van der Waals surface area contributed by atoms with Gasteiger partial charge in [0.15, 0.2) is 0 Å². The van der Waals surface area contributed by atoms with E-state index in [0.29, 0.717) is 29.2 Å². The Labute approximate surface area is 152 Å². The number of halogens is 1. The third-order valence-electron chi connectivity index (χ3n) is 3.46. The van der Waals surface area contributed by atoms with Crippen LogP contribution in [-0.4, -0.2) is 18.4 Å². The van der Waals surface area contributed by atoms with Gasteiger partial charge in [0.25, 0.3) is 0 Å². The Bertz CT molecular complexity index is 748. The van der Waals surface area contributed by atoms with Crippen molar-refractivity contribution < 1.29 is 14.6 Å². The van der Waals surface area contributed by atoms with Crippen LogP contribution in [-0.2, 0) is 4.79 Å². The molecule has 0 fully saturated rings. The number of carbonyl (C=O) groups excluding carboxylic acids is 1. The second kappa shape index (κ2) is 8.94. The summed E-state index contributed by atoms with van der Waals surface area (Å²) in [5.41, 5.74) is 8.02. The first-order valence-corrected chi connectivity index (χ1v) is 7.57. The summed E-state index contributed by atoms with van der Waals surface area (Å²) in [6.45, 7) is 4.24. The summed E-state index contributed by atoms with van der Waals surface area (Å²) in [5.74, 6) is -0.663. The fraction of sp³-hybridized carbons (Fsp3) is 0.222. The number of carboxylic acid groups (broad SMARTS) is 1. The van der Waals surface area contributed by atoms with Gasteiger partial charge in [0.1, 0.15) is 11.6 Å². The monoisotopic (exact) mass is 362 g/mol. The first kappa shape index (κ1) is 20.3. The number of hydrogen-bond acceptors (Lipinski definition) is 5. The van der Waals surface area contributed by atoms with Gasteiger partial charge < -0.3 is 25.7 Å². The standard InChI is InChI=1S/C18H21N3O3.ClH/c1-3-24-15-9-11(2)8-13(10-15)16(18(22)23)21-14-6-4-12(5-7-14)17(19)20;/h4-10,16,21H,3H2,1-2H3,(H3,19,20)(H,22,23);1H/p-1. The lowest BCUT2D eigenvalue weighted by Gasteiger charge is -2.22. The Morgan fingerprint density at radius 2 is 1.92 bits per heavy atom. The zero-order chi connectivity index (χ0) is 17.7. The van der Waals surface area contributed by atoms with Crippen molar-refractivity contribution in [3.63, 3.8) is 0 Å². The van der Waals surface area contributed by atoms with Crippen LogP contribution in [0.2, 0.25) is 0 Å². The number of rotatable bonds is 7. The number of carboxylic acids is 1. The smallest absolute Gasteiger partial charge is 0.122 e. The van der Waals surface area contributed by atoms with Crippen LogP contribution in [0, 0.1) is 12.3 Å². The number of amidine groups is 1. The molecule has 2 aromatic rings. The second-order valence-electron chi connectivity index (χ2n) is 5.40. The molecule has 1 atom stereocenters. The highest BCUT2D eigenvalue weighted by atomic mass is 35.5. The van der Waals surface area contributed by atoms with Crippen molar-refractivity contribution in [2.24, 2.45) is 5.73 Å². The maximum atomic E-state index is 11.6. The van der Waals surface area contributed by atoms with Gasteiger partial charge in [-0.2, -0.15) is 0 Å². The number of ether oxygens (including phenoxy) is 1. The second-order valence-corrected chi connectivity index (χ2v) is 5.40. The molecule has 0 spiro atoms. The van der Waals surface area contributed by atoms with E-state index in [9.17, 15) is 9.90 Å². The van der Waals surface area contributed by atoms with E-state index < -0.39 is 12.0 Å². The Morgan fingerprint density at radius 3 is 2.44 bits per heavy atom. The van der Waals surface area contributed by atoms with Crippen LogP contribution in [0.25, 0.3) is 0 Å². The molecule has 0 aliphatic heterocycles. The van der Waals surface area contributed by atoms with Gasteiger partial charge >= 0.3 is 0 Å². The number of nitrogens with two attached hydrogens (primary N) is 1. The maximum Gasteiger partial charge on any atom is 0.122 e. The highest BCUT2D eigenvalue weighted by Gasteiger charge is 2.14. The molecule has 1 unspecified atom stereocenters. The quantitative estimate of drug-likeness (QED) is 0.515. The van der Waals surface area contributed by atoms with Gasteiger partial charge in [0.2, 0.25) is 0 Å². The van der Waals surface area contributed by atoms with Crippen molar-refractivity contribution in [2.45, 2.75) is 19.9 Å². The van der Waals surface area contributed by atoms with E-state index in [1.807, 2.05) is 19.9 Å².